The molecule has 8 heteroatoms. The summed E-state index contributed by atoms with van der Waals surface area (Å²) in [6.07, 6.45) is 6.93. The van der Waals surface area contributed by atoms with Gasteiger partial charge in [0.15, 0.2) is 0 Å². The van der Waals surface area contributed by atoms with E-state index in [1.54, 1.807) is 6.08 Å². The van der Waals surface area contributed by atoms with Crippen LogP contribution in [0.15, 0.2) is 23.3 Å². The molecule has 0 aromatic heterocycles. The van der Waals surface area contributed by atoms with Crippen molar-refractivity contribution in [2.45, 2.75) is 110 Å². The van der Waals surface area contributed by atoms with Gasteiger partial charge in [-0.2, -0.15) is 0 Å². The van der Waals surface area contributed by atoms with E-state index in [0.717, 1.165) is 37.7 Å². The number of hydrogen-bond acceptors (Lipinski definition) is 7. The largest absolute Gasteiger partial charge is 0.481 e. The third-order valence-corrected chi connectivity index (χ3v) is 7.98. The Kier molecular flexibility index (Phi) is 9.93. The van der Waals surface area contributed by atoms with E-state index in [1.165, 1.54) is 19.4 Å². The minimum Gasteiger partial charge on any atom is -0.481 e. The molecule has 1 saturated carbocycles. The number of hydrogen-bond donors (Lipinski definition) is 3. The summed E-state index contributed by atoms with van der Waals surface area (Å²) in [5.74, 6) is -1.98. The van der Waals surface area contributed by atoms with Gasteiger partial charge in [-0.3, -0.25) is 14.4 Å². The van der Waals surface area contributed by atoms with Crippen molar-refractivity contribution in [2.24, 2.45) is 17.3 Å². The molecule has 0 aliphatic heterocycles. The molecular weight excluding hydrogens is 464 g/mol. The first kappa shape index (κ1) is 30.0. The van der Waals surface area contributed by atoms with Crippen LogP contribution in [0.4, 0.5) is 0 Å². The molecule has 5 unspecified atom stereocenters. The van der Waals surface area contributed by atoms with E-state index >= 15 is 0 Å². The van der Waals surface area contributed by atoms with Gasteiger partial charge in [-0.1, -0.05) is 24.6 Å². The average Bonchev–Trinajstić information content (AvgIpc) is 3.05. The molecule has 0 spiro atoms. The summed E-state index contributed by atoms with van der Waals surface area (Å²) in [5.41, 5.74) is -0.749. The van der Waals surface area contributed by atoms with E-state index in [0.29, 0.717) is 6.42 Å². The number of allylic oxidation sites excluding steroid dienone is 2. The highest BCUT2D eigenvalue weighted by Crippen LogP contribution is 2.55. The Hall–Kier alpha value is -2.19. The Labute approximate surface area is 214 Å². The van der Waals surface area contributed by atoms with Gasteiger partial charge in [0.1, 0.15) is 12.2 Å². The van der Waals surface area contributed by atoms with Crippen molar-refractivity contribution >= 4 is 17.9 Å². The Morgan fingerprint density at radius 3 is 2.42 bits per heavy atom. The number of aliphatic hydroxyl groups excluding tert-OH is 1. The van der Waals surface area contributed by atoms with Gasteiger partial charge in [0, 0.05) is 18.3 Å². The summed E-state index contributed by atoms with van der Waals surface area (Å²) in [6, 6.07) is 0. The third kappa shape index (κ3) is 8.17. The van der Waals surface area contributed by atoms with Gasteiger partial charge in [-0.15, -0.1) is 0 Å². The summed E-state index contributed by atoms with van der Waals surface area (Å²) >= 11 is 0. The van der Waals surface area contributed by atoms with Gasteiger partial charge >= 0.3 is 17.9 Å². The Morgan fingerprint density at radius 1 is 1.14 bits per heavy atom. The lowest BCUT2D eigenvalue weighted by molar-refractivity contribution is -0.162. The second-order valence-corrected chi connectivity index (χ2v) is 11.8. The standard InChI is InChI=1S/C28H44O8/c1-18-8-7-9-20(17-35-25(33)16-27(5,34)15-24(31)32)14-23(30)28(6)13-12-21(22(28)11-10-18)26(3,4)36-19(2)29/h8,14,21-23,30,34H,7,9-13,15-17H2,1-6H3,(H,31,32). The zero-order valence-electron chi connectivity index (χ0n) is 22.6. The number of carboxylic acid groups (broad SMARTS) is 1. The van der Waals surface area contributed by atoms with Crippen LogP contribution in [0.2, 0.25) is 0 Å². The molecule has 0 saturated heterocycles. The molecular formula is C28H44O8. The zero-order valence-corrected chi connectivity index (χ0v) is 22.6. The van der Waals surface area contributed by atoms with E-state index in [4.69, 9.17) is 14.6 Å². The summed E-state index contributed by atoms with van der Waals surface area (Å²) in [5, 5.41) is 30.5. The van der Waals surface area contributed by atoms with E-state index in [2.05, 4.69) is 19.9 Å². The second kappa shape index (κ2) is 11.9. The number of fused-ring (bicyclic) bond motifs is 1. The maximum Gasteiger partial charge on any atom is 0.309 e. The normalized spacial score (nSPS) is 29.1. The highest BCUT2D eigenvalue weighted by molar-refractivity contribution is 5.74. The first-order chi connectivity index (χ1) is 16.6. The minimum absolute atomic E-state index is 0.0327. The summed E-state index contributed by atoms with van der Waals surface area (Å²) in [7, 11) is 0. The molecule has 1 fully saturated rings. The highest BCUT2D eigenvalue weighted by atomic mass is 16.6. The van der Waals surface area contributed by atoms with Crippen LogP contribution in [0.25, 0.3) is 0 Å². The fourth-order valence-electron chi connectivity index (χ4n) is 6.02. The van der Waals surface area contributed by atoms with Crippen LogP contribution < -0.4 is 0 Å². The van der Waals surface area contributed by atoms with Crippen molar-refractivity contribution in [3.8, 4) is 0 Å². The Morgan fingerprint density at radius 2 is 1.81 bits per heavy atom. The van der Waals surface area contributed by atoms with Gasteiger partial charge in [0.25, 0.3) is 0 Å². The van der Waals surface area contributed by atoms with Crippen molar-refractivity contribution in [3.63, 3.8) is 0 Å². The van der Waals surface area contributed by atoms with Gasteiger partial charge < -0.3 is 24.8 Å². The zero-order chi connectivity index (χ0) is 27.3. The van der Waals surface area contributed by atoms with Crippen molar-refractivity contribution in [2.75, 3.05) is 6.61 Å². The smallest absolute Gasteiger partial charge is 0.309 e. The molecule has 0 aromatic carbocycles. The average molecular weight is 509 g/mol. The van der Waals surface area contributed by atoms with Crippen LogP contribution in [0.5, 0.6) is 0 Å². The van der Waals surface area contributed by atoms with Crippen LogP contribution in [0.3, 0.4) is 0 Å². The van der Waals surface area contributed by atoms with Crippen molar-refractivity contribution < 1.29 is 39.2 Å². The molecule has 0 heterocycles. The summed E-state index contributed by atoms with van der Waals surface area (Å²) in [6.45, 7) is 10.8. The van der Waals surface area contributed by atoms with Crippen LogP contribution in [-0.2, 0) is 23.9 Å². The number of aliphatic carboxylic acids is 1. The Balaban J connectivity index is 2.25. The number of carbonyl (C=O) groups excluding carboxylic acids is 2. The van der Waals surface area contributed by atoms with Gasteiger partial charge in [-0.25, -0.2) is 0 Å². The van der Waals surface area contributed by atoms with E-state index in [1.807, 2.05) is 13.8 Å². The topological polar surface area (TPSA) is 130 Å². The lowest BCUT2D eigenvalue weighted by atomic mass is 9.67. The lowest BCUT2D eigenvalue weighted by Crippen LogP contribution is -2.44. The predicted molar refractivity (Wildman–Crippen MR) is 135 cm³/mol. The molecule has 0 bridgehead atoms. The summed E-state index contributed by atoms with van der Waals surface area (Å²) < 4.78 is 11.1. The van der Waals surface area contributed by atoms with Crippen molar-refractivity contribution in [3.05, 3.63) is 23.3 Å². The SMILES string of the molecule is CC(=O)OC(C)(C)C1CCC2(C)C(O)C=C(COC(=O)CC(C)(O)CC(=O)O)CCC=C(C)CCC12. The van der Waals surface area contributed by atoms with Crippen molar-refractivity contribution in [1.29, 1.82) is 0 Å². The number of carbonyl (C=O) groups is 3. The molecule has 2 aliphatic carbocycles. The molecule has 5 atom stereocenters. The van der Waals surface area contributed by atoms with Gasteiger partial charge in [-0.05, 0) is 77.7 Å². The number of esters is 2. The van der Waals surface area contributed by atoms with E-state index < -0.39 is 47.5 Å². The molecule has 2 rings (SSSR count). The number of ether oxygens (including phenoxy) is 2. The lowest BCUT2D eigenvalue weighted by Gasteiger charge is -2.42. The van der Waals surface area contributed by atoms with Crippen LogP contribution in [0.1, 0.15) is 92.9 Å². The van der Waals surface area contributed by atoms with Crippen LogP contribution in [0, 0.1) is 17.3 Å². The number of carboxylic acids is 1. The first-order valence-electron chi connectivity index (χ1n) is 12.9. The molecule has 0 radical (unpaired) electrons. The quantitative estimate of drug-likeness (QED) is 0.326. The Bertz CT molecular complexity index is 884. The van der Waals surface area contributed by atoms with Crippen molar-refractivity contribution in [1.82, 2.24) is 0 Å². The molecule has 2 aliphatic rings. The molecule has 8 nitrogen and oxygen atoms in total. The first-order valence-corrected chi connectivity index (χ1v) is 12.9. The van der Waals surface area contributed by atoms with Crippen LogP contribution >= 0.6 is 0 Å². The second-order valence-electron chi connectivity index (χ2n) is 11.8. The molecule has 0 amide bonds. The van der Waals surface area contributed by atoms with E-state index in [9.17, 15) is 24.6 Å². The number of rotatable bonds is 8. The van der Waals surface area contributed by atoms with Gasteiger partial charge in [0.05, 0.1) is 24.5 Å². The van der Waals surface area contributed by atoms with Gasteiger partial charge in [0.2, 0.25) is 0 Å². The molecule has 3 N–H and O–H groups in total. The van der Waals surface area contributed by atoms with Crippen LogP contribution in [-0.4, -0.2) is 57.1 Å². The minimum atomic E-state index is -1.70. The monoisotopic (exact) mass is 508 g/mol. The number of aliphatic hydroxyl groups is 2. The fraction of sp³-hybridized carbons (Fsp3) is 0.750. The highest BCUT2D eigenvalue weighted by Gasteiger charge is 2.53. The molecule has 0 aromatic rings. The fourth-order valence-corrected chi connectivity index (χ4v) is 6.02. The molecule has 36 heavy (non-hydrogen) atoms. The molecule has 204 valence electrons. The van der Waals surface area contributed by atoms with E-state index in [-0.39, 0.29) is 24.4 Å². The summed E-state index contributed by atoms with van der Waals surface area (Å²) in [4.78, 5) is 35.0. The maximum atomic E-state index is 12.3. The third-order valence-electron chi connectivity index (χ3n) is 7.98. The predicted octanol–water partition coefficient (Wildman–Crippen LogP) is 4.33. The maximum absolute atomic E-state index is 12.3.